The average molecular weight is 191 g/mol. The van der Waals surface area contributed by atoms with Gasteiger partial charge in [0.15, 0.2) is 0 Å². The van der Waals surface area contributed by atoms with Crippen LogP contribution in [0.5, 0.6) is 0 Å². The van der Waals surface area contributed by atoms with Crippen LogP contribution in [0.25, 0.3) is 0 Å². The first-order valence-electron chi connectivity index (χ1n) is 4.68. The van der Waals surface area contributed by atoms with Gasteiger partial charge in [0.05, 0.1) is 6.04 Å². The molecule has 0 aromatic heterocycles. The van der Waals surface area contributed by atoms with Crippen molar-refractivity contribution in [3.05, 3.63) is 34.9 Å². The van der Waals surface area contributed by atoms with E-state index in [9.17, 15) is 4.79 Å². The molecule has 1 atom stereocenters. The Balaban J connectivity index is 2.36. The molecule has 0 spiro atoms. The molecule has 3 heteroatoms. The lowest BCUT2D eigenvalue weighted by Gasteiger charge is -2.14. The van der Waals surface area contributed by atoms with Crippen LogP contribution < -0.4 is 5.32 Å². The number of nitrogens with one attached hydrogen (secondary N) is 1. The van der Waals surface area contributed by atoms with Gasteiger partial charge in [-0.3, -0.25) is 0 Å². The van der Waals surface area contributed by atoms with Crippen LogP contribution in [0.2, 0.25) is 0 Å². The lowest BCUT2D eigenvalue weighted by atomic mass is 9.97. The van der Waals surface area contributed by atoms with Crippen molar-refractivity contribution in [1.29, 1.82) is 0 Å². The Morgan fingerprint density at radius 3 is 2.50 bits per heavy atom. The van der Waals surface area contributed by atoms with Gasteiger partial charge in [-0.25, -0.2) is 4.79 Å². The van der Waals surface area contributed by atoms with Gasteiger partial charge in [0, 0.05) is 0 Å². The van der Waals surface area contributed by atoms with Gasteiger partial charge < -0.3 is 10.1 Å². The van der Waals surface area contributed by atoms with E-state index in [0.29, 0.717) is 6.61 Å². The van der Waals surface area contributed by atoms with E-state index in [1.165, 1.54) is 16.7 Å². The van der Waals surface area contributed by atoms with Gasteiger partial charge in [-0.2, -0.15) is 0 Å². The first-order chi connectivity index (χ1) is 6.68. The molecule has 1 aliphatic rings. The fourth-order valence-electron chi connectivity index (χ4n) is 1.92. The third kappa shape index (κ3) is 1.45. The van der Waals surface area contributed by atoms with E-state index >= 15 is 0 Å². The van der Waals surface area contributed by atoms with Crippen LogP contribution in [0.15, 0.2) is 18.2 Å². The molecule has 3 nitrogen and oxygen atoms in total. The second kappa shape index (κ2) is 3.33. The minimum absolute atomic E-state index is 0.0173. The molecule has 0 saturated carbocycles. The van der Waals surface area contributed by atoms with Gasteiger partial charge in [0.2, 0.25) is 0 Å². The van der Waals surface area contributed by atoms with Crippen molar-refractivity contribution in [1.82, 2.24) is 5.32 Å². The van der Waals surface area contributed by atoms with E-state index < -0.39 is 0 Å². The summed E-state index contributed by atoms with van der Waals surface area (Å²) < 4.78 is 4.88. The molecular formula is C11H13NO2. The first-order valence-corrected chi connectivity index (χ1v) is 4.68. The number of hydrogen-bond donors (Lipinski definition) is 1. The van der Waals surface area contributed by atoms with Crippen molar-refractivity contribution in [2.24, 2.45) is 0 Å². The molecule has 1 saturated heterocycles. The van der Waals surface area contributed by atoms with Gasteiger partial charge >= 0.3 is 6.09 Å². The summed E-state index contributed by atoms with van der Waals surface area (Å²) in [6.07, 6.45) is -0.322. The maximum absolute atomic E-state index is 10.9. The Labute approximate surface area is 83.1 Å². The zero-order valence-corrected chi connectivity index (χ0v) is 8.33. The lowest BCUT2D eigenvalue weighted by Crippen LogP contribution is -2.19. The predicted octanol–water partition coefficient (Wildman–Crippen LogP) is 2.08. The zero-order chi connectivity index (χ0) is 10.1. The predicted molar refractivity (Wildman–Crippen MR) is 53.1 cm³/mol. The molecule has 1 heterocycles. The molecule has 1 aromatic rings. The van der Waals surface area contributed by atoms with Crippen molar-refractivity contribution in [3.63, 3.8) is 0 Å². The van der Waals surface area contributed by atoms with Crippen molar-refractivity contribution >= 4 is 6.09 Å². The first kappa shape index (κ1) is 9.06. The summed E-state index contributed by atoms with van der Waals surface area (Å²) in [5, 5.41) is 2.79. The number of cyclic esters (lactones) is 1. The maximum atomic E-state index is 10.9. The lowest BCUT2D eigenvalue weighted by molar-refractivity contribution is 0.177. The van der Waals surface area contributed by atoms with Crippen molar-refractivity contribution in [2.75, 3.05) is 6.61 Å². The smallest absolute Gasteiger partial charge is 0.407 e. The maximum Gasteiger partial charge on any atom is 0.407 e. The second-order valence-electron chi connectivity index (χ2n) is 3.60. The third-order valence-electron chi connectivity index (χ3n) is 2.56. The van der Waals surface area contributed by atoms with Gasteiger partial charge in [-0.1, -0.05) is 18.2 Å². The summed E-state index contributed by atoms with van der Waals surface area (Å²) in [5.74, 6) is 0. The van der Waals surface area contributed by atoms with Crippen LogP contribution in [0.3, 0.4) is 0 Å². The van der Waals surface area contributed by atoms with E-state index in [2.05, 4.69) is 5.32 Å². The molecule has 1 aromatic carbocycles. The van der Waals surface area contributed by atoms with E-state index in [1.807, 2.05) is 32.0 Å². The van der Waals surface area contributed by atoms with E-state index in [0.717, 1.165) is 0 Å². The molecule has 74 valence electrons. The monoisotopic (exact) mass is 191 g/mol. The highest BCUT2D eigenvalue weighted by molar-refractivity contribution is 5.70. The Kier molecular flexibility index (Phi) is 2.15. The summed E-state index contributed by atoms with van der Waals surface area (Å²) in [5.41, 5.74) is 3.57. The van der Waals surface area contributed by atoms with Crippen LogP contribution >= 0.6 is 0 Å². The molecule has 2 rings (SSSR count). The van der Waals surface area contributed by atoms with Crippen molar-refractivity contribution in [3.8, 4) is 0 Å². The number of hydrogen-bond acceptors (Lipinski definition) is 2. The highest BCUT2D eigenvalue weighted by Gasteiger charge is 2.25. The molecule has 1 amide bonds. The fraction of sp³-hybridized carbons (Fsp3) is 0.364. The normalized spacial score (nSPS) is 20.4. The molecule has 1 aliphatic heterocycles. The topological polar surface area (TPSA) is 38.3 Å². The van der Waals surface area contributed by atoms with E-state index in [1.54, 1.807) is 0 Å². The number of carbonyl (C=O) groups is 1. The summed E-state index contributed by atoms with van der Waals surface area (Å²) in [6.45, 7) is 4.53. The zero-order valence-electron chi connectivity index (χ0n) is 8.33. The summed E-state index contributed by atoms with van der Waals surface area (Å²) >= 11 is 0. The van der Waals surface area contributed by atoms with Crippen molar-refractivity contribution < 1.29 is 9.53 Å². The number of carbonyl (C=O) groups excluding carboxylic acids is 1. The molecule has 0 bridgehead atoms. The Bertz CT molecular complexity index is 353. The Morgan fingerprint density at radius 2 is 2.00 bits per heavy atom. The molecule has 14 heavy (non-hydrogen) atoms. The fourth-order valence-corrected chi connectivity index (χ4v) is 1.92. The van der Waals surface area contributed by atoms with Crippen LogP contribution in [0.1, 0.15) is 22.7 Å². The van der Waals surface area contributed by atoms with E-state index in [-0.39, 0.29) is 12.1 Å². The summed E-state index contributed by atoms with van der Waals surface area (Å²) in [6, 6.07) is 6.13. The van der Waals surface area contributed by atoms with Crippen molar-refractivity contribution in [2.45, 2.75) is 19.9 Å². The SMILES string of the molecule is Cc1cccc(C)c1[C@H]1COC(=O)N1. The van der Waals surface area contributed by atoms with Crippen LogP contribution in [0.4, 0.5) is 4.79 Å². The average Bonchev–Trinajstić information content (AvgIpc) is 2.51. The highest BCUT2D eigenvalue weighted by Crippen LogP contribution is 2.24. The second-order valence-corrected chi connectivity index (χ2v) is 3.60. The number of aryl methyl sites for hydroxylation is 2. The summed E-state index contributed by atoms with van der Waals surface area (Å²) in [4.78, 5) is 10.9. The quantitative estimate of drug-likeness (QED) is 0.738. The third-order valence-corrected chi connectivity index (χ3v) is 2.56. The van der Waals surface area contributed by atoms with Gasteiger partial charge in [-0.05, 0) is 30.5 Å². The number of rotatable bonds is 1. The van der Waals surface area contributed by atoms with Crippen LogP contribution in [0, 0.1) is 13.8 Å². The largest absolute Gasteiger partial charge is 0.447 e. The number of amides is 1. The molecule has 1 fully saturated rings. The Morgan fingerprint density at radius 1 is 1.36 bits per heavy atom. The number of alkyl carbamates (subject to hydrolysis) is 1. The van der Waals surface area contributed by atoms with Crippen LogP contribution in [-0.2, 0) is 4.74 Å². The van der Waals surface area contributed by atoms with Gasteiger partial charge in [0.25, 0.3) is 0 Å². The highest BCUT2D eigenvalue weighted by atomic mass is 16.6. The van der Waals surface area contributed by atoms with Gasteiger partial charge in [-0.15, -0.1) is 0 Å². The Hall–Kier alpha value is -1.51. The molecular weight excluding hydrogens is 178 g/mol. The van der Waals surface area contributed by atoms with Gasteiger partial charge in [0.1, 0.15) is 6.61 Å². The molecule has 0 radical (unpaired) electrons. The summed E-state index contributed by atoms with van der Waals surface area (Å²) in [7, 11) is 0. The molecule has 1 N–H and O–H groups in total. The van der Waals surface area contributed by atoms with E-state index in [4.69, 9.17) is 4.74 Å². The number of ether oxygens (including phenoxy) is 1. The minimum atomic E-state index is -0.322. The molecule has 0 aliphatic carbocycles. The number of benzene rings is 1. The standard InChI is InChI=1S/C11H13NO2/c1-7-4-3-5-8(2)10(7)9-6-14-11(13)12-9/h3-5,9H,6H2,1-2H3,(H,12,13)/t9-/m1/s1. The molecule has 0 unspecified atom stereocenters. The minimum Gasteiger partial charge on any atom is -0.447 e. The van der Waals surface area contributed by atoms with Crippen LogP contribution in [-0.4, -0.2) is 12.7 Å².